The molecule has 2 aromatic carbocycles. The van der Waals surface area contributed by atoms with E-state index < -0.39 is 0 Å². The first-order valence-electron chi connectivity index (χ1n) is 6.55. The summed E-state index contributed by atoms with van der Waals surface area (Å²) in [4.78, 5) is 12.3. The van der Waals surface area contributed by atoms with Crippen LogP contribution in [-0.4, -0.2) is 27.2 Å². The summed E-state index contributed by atoms with van der Waals surface area (Å²) in [5, 5.41) is 2.77. The molecule has 0 aliphatic rings. The van der Waals surface area contributed by atoms with Crippen LogP contribution >= 0.6 is 0 Å². The second-order valence-electron chi connectivity index (χ2n) is 4.51. The van der Waals surface area contributed by atoms with Gasteiger partial charge in [0.15, 0.2) is 0 Å². The molecule has 0 unspecified atom stereocenters. The minimum atomic E-state index is -0.290. The molecule has 116 valence electrons. The number of nitrogens with one attached hydrogen (secondary N) is 1. The molecule has 1 amide bonds. The second-order valence-corrected chi connectivity index (χ2v) is 4.51. The van der Waals surface area contributed by atoms with Gasteiger partial charge in [0.1, 0.15) is 17.2 Å². The molecule has 6 heteroatoms. The monoisotopic (exact) mass is 302 g/mol. The van der Waals surface area contributed by atoms with Gasteiger partial charge >= 0.3 is 0 Å². The zero-order valence-corrected chi connectivity index (χ0v) is 12.7. The zero-order valence-electron chi connectivity index (χ0n) is 12.7. The minimum Gasteiger partial charge on any atom is -0.497 e. The van der Waals surface area contributed by atoms with Gasteiger partial charge in [-0.3, -0.25) is 4.79 Å². The van der Waals surface area contributed by atoms with Crippen molar-refractivity contribution in [2.45, 2.75) is 0 Å². The van der Waals surface area contributed by atoms with Gasteiger partial charge in [0.25, 0.3) is 5.91 Å². The number of benzene rings is 2. The molecule has 22 heavy (non-hydrogen) atoms. The van der Waals surface area contributed by atoms with E-state index in [1.165, 1.54) is 21.3 Å². The van der Waals surface area contributed by atoms with E-state index in [-0.39, 0.29) is 5.91 Å². The summed E-state index contributed by atoms with van der Waals surface area (Å²) in [5.74, 6) is 1.35. The predicted molar refractivity (Wildman–Crippen MR) is 84.9 cm³/mol. The van der Waals surface area contributed by atoms with Crippen LogP contribution < -0.4 is 25.3 Å². The number of hydrogen-bond acceptors (Lipinski definition) is 5. The molecule has 0 aliphatic carbocycles. The lowest BCUT2D eigenvalue weighted by atomic mass is 10.1. The highest BCUT2D eigenvalue weighted by molar-refractivity contribution is 6.05. The molecule has 0 atom stereocenters. The number of nitrogens with two attached hydrogens (primary N) is 1. The van der Waals surface area contributed by atoms with Crippen molar-refractivity contribution < 1.29 is 19.0 Å². The number of carbonyl (C=O) groups excluding carboxylic acids is 1. The van der Waals surface area contributed by atoms with Gasteiger partial charge in [0.2, 0.25) is 0 Å². The average Bonchev–Trinajstić information content (AvgIpc) is 2.54. The summed E-state index contributed by atoms with van der Waals surface area (Å²) >= 11 is 0. The number of methoxy groups -OCH3 is 3. The summed E-state index contributed by atoms with van der Waals surface area (Å²) in [6.45, 7) is 0. The largest absolute Gasteiger partial charge is 0.497 e. The van der Waals surface area contributed by atoms with Crippen LogP contribution in [0.25, 0.3) is 0 Å². The predicted octanol–water partition coefficient (Wildman–Crippen LogP) is 2.55. The minimum absolute atomic E-state index is 0.290. The molecular formula is C16H18N2O4. The van der Waals surface area contributed by atoms with E-state index in [4.69, 9.17) is 19.9 Å². The van der Waals surface area contributed by atoms with Gasteiger partial charge in [-0.05, 0) is 30.3 Å². The molecule has 2 rings (SSSR count). The van der Waals surface area contributed by atoms with E-state index in [1.54, 1.807) is 36.4 Å². The van der Waals surface area contributed by atoms with Gasteiger partial charge in [0.05, 0.1) is 27.0 Å². The molecule has 0 spiro atoms. The quantitative estimate of drug-likeness (QED) is 0.829. The smallest absolute Gasteiger partial charge is 0.255 e. The third kappa shape index (κ3) is 3.41. The Bertz CT molecular complexity index is 664. The molecule has 0 bridgehead atoms. The van der Waals surface area contributed by atoms with Crippen molar-refractivity contribution in [2.75, 3.05) is 32.4 Å². The molecule has 6 nitrogen and oxygen atoms in total. The van der Waals surface area contributed by atoms with Crippen molar-refractivity contribution in [2.24, 2.45) is 0 Å². The normalized spacial score (nSPS) is 9.95. The van der Waals surface area contributed by atoms with E-state index in [9.17, 15) is 4.79 Å². The van der Waals surface area contributed by atoms with Gasteiger partial charge in [-0.1, -0.05) is 0 Å². The van der Waals surface area contributed by atoms with Crippen molar-refractivity contribution in [3.63, 3.8) is 0 Å². The Morgan fingerprint density at radius 1 is 0.955 bits per heavy atom. The molecule has 0 saturated heterocycles. The van der Waals surface area contributed by atoms with E-state index in [0.717, 1.165) is 0 Å². The van der Waals surface area contributed by atoms with Crippen molar-refractivity contribution in [3.8, 4) is 17.2 Å². The number of ether oxygens (including phenoxy) is 3. The molecule has 0 radical (unpaired) electrons. The lowest BCUT2D eigenvalue weighted by Gasteiger charge is -2.11. The van der Waals surface area contributed by atoms with Gasteiger partial charge in [-0.25, -0.2) is 0 Å². The van der Waals surface area contributed by atoms with Gasteiger partial charge in [-0.2, -0.15) is 0 Å². The van der Waals surface area contributed by atoms with Gasteiger partial charge in [-0.15, -0.1) is 0 Å². The topological polar surface area (TPSA) is 82.8 Å². The van der Waals surface area contributed by atoms with Crippen LogP contribution in [0.3, 0.4) is 0 Å². The summed E-state index contributed by atoms with van der Waals surface area (Å²) < 4.78 is 15.4. The first-order valence-corrected chi connectivity index (χ1v) is 6.55. The highest BCUT2D eigenvalue weighted by Crippen LogP contribution is 2.26. The fraction of sp³-hybridized carbons (Fsp3) is 0.188. The summed E-state index contributed by atoms with van der Waals surface area (Å²) in [6.07, 6.45) is 0. The molecule has 0 aromatic heterocycles. The Balaban J connectivity index is 2.23. The van der Waals surface area contributed by atoms with Gasteiger partial charge < -0.3 is 25.3 Å². The number of nitrogen functional groups attached to an aromatic ring is 1. The number of carbonyl (C=O) groups is 1. The number of hydrogen-bond donors (Lipinski definition) is 2. The van der Waals surface area contributed by atoms with Crippen LogP contribution in [0.5, 0.6) is 17.2 Å². The van der Waals surface area contributed by atoms with Crippen LogP contribution in [0.1, 0.15) is 10.4 Å². The molecule has 2 aromatic rings. The van der Waals surface area contributed by atoms with Crippen molar-refractivity contribution in [1.29, 1.82) is 0 Å². The average molecular weight is 302 g/mol. The SMILES string of the molecule is COc1cc(OC)cc(C(=O)Nc2ccc(OC)c(N)c2)c1. The maximum Gasteiger partial charge on any atom is 0.255 e. The fourth-order valence-corrected chi connectivity index (χ4v) is 1.95. The molecular weight excluding hydrogens is 284 g/mol. The molecule has 3 N–H and O–H groups in total. The van der Waals surface area contributed by atoms with Crippen molar-refractivity contribution in [1.82, 2.24) is 0 Å². The first-order chi connectivity index (χ1) is 10.6. The highest BCUT2D eigenvalue weighted by atomic mass is 16.5. The highest BCUT2D eigenvalue weighted by Gasteiger charge is 2.11. The Morgan fingerprint density at radius 2 is 1.59 bits per heavy atom. The summed E-state index contributed by atoms with van der Waals surface area (Å²) in [7, 11) is 4.59. The third-order valence-electron chi connectivity index (χ3n) is 3.10. The number of rotatable bonds is 5. The molecule has 0 fully saturated rings. The Hall–Kier alpha value is -2.89. The Morgan fingerprint density at radius 3 is 2.09 bits per heavy atom. The molecule has 0 heterocycles. The third-order valence-corrected chi connectivity index (χ3v) is 3.10. The number of amides is 1. The van der Waals surface area contributed by atoms with Crippen molar-refractivity contribution >= 4 is 17.3 Å². The van der Waals surface area contributed by atoms with E-state index in [2.05, 4.69) is 5.32 Å². The van der Waals surface area contributed by atoms with Crippen LogP contribution in [0.2, 0.25) is 0 Å². The van der Waals surface area contributed by atoms with E-state index >= 15 is 0 Å². The lowest BCUT2D eigenvalue weighted by molar-refractivity contribution is 0.102. The Labute approximate surface area is 128 Å². The number of anilines is 2. The van der Waals surface area contributed by atoms with E-state index in [1.807, 2.05) is 0 Å². The van der Waals surface area contributed by atoms with E-state index in [0.29, 0.717) is 34.2 Å². The maximum absolute atomic E-state index is 12.3. The molecule has 0 saturated carbocycles. The van der Waals surface area contributed by atoms with Crippen LogP contribution in [0.4, 0.5) is 11.4 Å². The Kier molecular flexibility index (Phi) is 4.73. The summed E-state index contributed by atoms with van der Waals surface area (Å²) in [5.41, 5.74) is 7.26. The maximum atomic E-state index is 12.3. The first kappa shape index (κ1) is 15.5. The zero-order chi connectivity index (χ0) is 16.1. The summed E-state index contributed by atoms with van der Waals surface area (Å²) in [6, 6.07) is 9.99. The molecule has 0 aliphatic heterocycles. The van der Waals surface area contributed by atoms with Gasteiger partial charge in [0, 0.05) is 17.3 Å². The van der Waals surface area contributed by atoms with Crippen LogP contribution in [0, 0.1) is 0 Å². The second kappa shape index (κ2) is 6.71. The van der Waals surface area contributed by atoms with Crippen molar-refractivity contribution in [3.05, 3.63) is 42.0 Å². The van der Waals surface area contributed by atoms with Crippen LogP contribution in [0.15, 0.2) is 36.4 Å². The standard InChI is InChI=1S/C16H18N2O4/c1-20-12-6-10(7-13(9-12)21-2)16(19)18-11-4-5-15(22-3)14(17)8-11/h4-9H,17H2,1-3H3,(H,18,19). The lowest BCUT2D eigenvalue weighted by Crippen LogP contribution is -2.12. The fourth-order valence-electron chi connectivity index (χ4n) is 1.95. The van der Waals surface area contributed by atoms with Crippen LogP contribution in [-0.2, 0) is 0 Å².